The molecule has 1 aliphatic rings. The third kappa shape index (κ3) is 3.80. The molecule has 0 radical (unpaired) electrons. The van der Waals surface area contributed by atoms with Crippen molar-refractivity contribution in [1.29, 1.82) is 0 Å². The minimum Gasteiger partial charge on any atom is -0.354 e. The van der Waals surface area contributed by atoms with Crippen LogP contribution >= 0.6 is 0 Å². The molecule has 0 atom stereocenters. The van der Waals surface area contributed by atoms with Crippen molar-refractivity contribution in [2.75, 3.05) is 13.1 Å². The van der Waals surface area contributed by atoms with Crippen LogP contribution in [0.1, 0.15) is 27.1 Å². The molecule has 3 aromatic rings. The van der Waals surface area contributed by atoms with Gasteiger partial charge in [0.05, 0.1) is 11.1 Å². The molecule has 0 spiro atoms. The van der Waals surface area contributed by atoms with E-state index in [0.29, 0.717) is 30.6 Å². The summed E-state index contributed by atoms with van der Waals surface area (Å²) in [6.45, 7) is 0.860. The summed E-state index contributed by atoms with van der Waals surface area (Å²) in [6.07, 6.45) is 4.36. The van der Waals surface area contributed by atoms with Crippen molar-refractivity contribution in [3.63, 3.8) is 0 Å². The van der Waals surface area contributed by atoms with Gasteiger partial charge in [-0.05, 0) is 18.6 Å². The van der Waals surface area contributed by atoms with Gasteiger partial charge < -0.3 is 9.88 Å². The summed E-state index contributed by atoms with van der Waals surface area (Å²) in [5.74, 6) is -0.324. The molecule has 0 saturated heterocycles. The standard InChI is InChI=1S/C22H20N4O3/c27-19(15-26-21(28)17-9-4-5-10-18(17)22(26)29)23-11-6-13-25-14-12-24-20(25)16-7-2-1-3-8-16/h1-5,7-10,12,14H,6,11,13,15H2,(H,23,27). The van der Waals surface area contributed by atoms with Gasteiger partial charge >= 0.3 is 0 Å². The van der Waals surface area contributed by atoms with Gasteiger partial charge in [-0.3, -0.25) is 19.3 Å². The molecule has 1 N–H and O–H groups in total. The van der Waals surface area contributed by atoms with Gasteiger partial charge in [0.2, 0.25) is 5.91 Å². The van der Waals surface area contributed by atoms with Gasteiger partial charge in [-0.1, -0.05) is 42.5 Å². The number of nitrogens with one attached hydrogen (secondary N) is 1. The van der Waals surface area contributed by atoms with E-state index in [1.807, 2.05) is 41.1 Å². The number of aryl methyl sites for hydroxylation is 1. The number of imide groups is 1. The van der Waals surface area contributed by atoms with Crippen LogP contribution in [0.4, 0.5) is 0 Å². The molecule has 1 aliphatic heterocycles. The Bertz CT molecular complexity index is 1020. The zero-order chi connectivity index (χ0) is 20.2. The van der Waals surface area contributed by atoms with Crippen molar-refractivity contribution in [2.24, 2.45) is 0 Å². The lowest BCUT2D eigenvalue weighted by atomic mass is 10.1. The molecule has 7 heteroatoms. The van der Waals surface area contributed by atoms with Crippen molar-refractivity contribution in [3.05, 3.63) is 78.1 Å². The first-order valence-electron chi connectivity index (χ1n) is 9.43. The van der Waals surface area contributed by atoms with Gasteiger partial charge in [0.1, 0.15) is 12.4 Å². The summed E-state index contributed by atoms with van der Waals surface area (Å²) in [6, 6.07) is 16.5. The highest BCUT2D eigenvalue weighted by atomic mass is 16.2. The van der Waals surface area contributed by atoms with Gasteiger partial charge in [-0.2, -0.15) is 0 Å². The molecule has 1 aromatic heterocycles. The Hall–Kier alpha value is -3.74. The molecule has 0 unspecified atom stereocenters. The maximum Gasteiger partial charge on any atom is 0.262 e. The van der Waals surface area contributed by atoms with Gasteiger partial charge in [0.15, 0.2) is 0 Å². The molecule has 0 saturated carbocycles. The molecule has 29 heavy (non-hydrogen) atoms. The third-order valence-corrected chi connectivity index (χ3v) is 4.83. The number of hydrogen-bond donors (Lipinski definition) is 1. The largest absolute Gasteiger partial charge is 0.354 e. The second-order valence-electron chi connectivity index (χ2n) is 6.76. The number of amides is 3. The Labute approximate surface area is 168 Å². The van der Waals surface area contributed by atoms with E-state index in [1.54, 1.807) is 30.5 Å². The predicted molar refractivity (Wildman–Crippen MR) is 107 cm³/mol. The normalized spacial score (nSPS) is 12.9. The van der Waals surface area contributed by atoms with Gasteiger partial charge in [-0.25, -0.2) is 4.98 Å². The molecule has 146 valence electrons. The number of imidazole rings is 1. The summed E-state index contributed by atoms with van der Waals surface area (Å²) in [7, 11) is 0. The summed E-state index contributed by atoms with van der Waals surface area (Å²) in [5, 5.41) is 2.78. The Morgan fingerprint density at radius 3 is 2.28 bits per heavy atom. The fourth-order valence-corrected chi connectivity index (χ4v) is 3.40. The van der Waals surface area contributed by atoms with Crippen LogP contribution in [0.3, 0.4) is 0 Å². The van der Waals surface area contributed by atoms with Gasteiger partial charge in [-0.15, -0.1) is 0 Å². The third-order valence-electron chi connectivity index (χ3n) is 4.83. The molecule has 0 aliphatic carbocycles. The van der Waals surface area contributed by atoms with Crippen LogP contribution in [-0.4, -0.2) is 45.3 Å². The SMILES string of the molecule is O=C(CN1C(=O)c2ccccc2C1=O)NCCCn1ccnc1-c1ccccc1. The van der Waals surface area contributed by atoms with Crippen molar-refractivity contribution < 1.29 is 14.4 Å². The maximum atomic E-state index is 12.3. The molecule has 3 amide bonds. The summed E-state index contributed by atoms with van der Waals surface area (Å²) >= 11 is 0. The second-order valence-corrected chi connectivity index (χ2v) is 6.76. The van der Waals surface area contributed by atoms with E-state index in [2.05, 4.69) is 10.3 Å². The van der Waals surface area contributed by atoms with Crippen LogP contribution in [0.15, 0.2) is 67.0 Å². The molecule has 4 rings (SSSR count). The van der Waals surface area contributed by atoms with Crippen molar-refractivity contribution in [2.45, 2.75) is 13.0 Å². The zero-order valence-electron chi connectivity index (χ0n) is 15.7. The van der Waals surface area contributed by atoms with Crippen molar-refractivity contribution >= 4 is 17.7 Å². The number of aromatic nitrogens is 2. The van der Waals surface area contributed by atoms with E-state index in [-0.39, 0.29) is 12.5 Å². The van der Waals surface area contributed by atoms with Crippen molar-refractivity contribution in [1.82, 2.24) is 19.8 Å². The first-order chi connectivity index (χ1) is 14.1. The Kier molecular flexibility index (Phi) is 5.20. The summed E-state index contributed by atoms with van der Waals surface area (Å²) in [5.41, 5.74) is 1.73. The number of fused-ring (bicyclic) bond motifs is 1. The Morgan fingerprint density at radius 1 is 0.931 bits per heavy atom. The van der Waals surface area contributed by atoms with Crippen LogP contribution in [0, 0.1) is 0 Å². The van der Waals surface area contributed by atoms with E-state index in [1.165, 1.54) is 0 Å². The lowest BCUT2D eigenvalue weighted by Crippen LogP contribution is -2.40. The number of rotatable bonds is 7. The van der Waals surface area contributed by atoms with E-state index in [0.717, 1.165) is 16.3 Å². The minimum atomic E-state index is -0.424. The topological polar surface area (TPSA) is 84.3 Å². The van der Waals surface area contributed by atoms with E-state index in [9.17, 15) is 14.4 Å². The smallest absolute Gasteiger partial charge is 0.262 e. The molecule has 0 fully saturated rings. The fraction of sp³-hybridized carbons (Fsp3) is 0.182. The Morgan fingerprint density at radius 2 is 1.59 bits per heavy atom. The highest BCUT2D eigenvalue weighted by molar-refractivity contribution is 6.22. The van der Waals surface area contributed by atoms with Crippen LogP contribution < -0.4 is 5.32 Å². The highest BCUT2D eigenvalue weighted by Crippen LogP contribution is 2.22. The molecule has 7 nitrogen and oxygen atoms in total. The maximum absolute atomic E-state index is 12.3. The van der Waals surface area contributed by atoms with Crippen molar-refractivity contribution in [3.8, 4) is 11.4 Å². The second kappa shape index (κ2) is 8.10. The molecular weight excluding hydrogens is 368 g/mol. The molecule has 2 aromatic carbocycles. The zero-order valence-corrected chi connectivity index (χ0v) is 15.7. The van der Waals surface area contributed by atoms with Gasteiger partial charge in [0, 0.05) is 31.0 Å². The first kappa shape index (κ1) is 18.6. The lowest BCUT2D eigenvalue weighted by molar-refractivity contribution is -0.121. The van der Waals surface area contributed by atoms with E-state index >= 15 is 0 Å². The molecular formula is C22H20N4O3. The number of carbonyl (C=O) groups excluding carboxylic acids is 3. The highest BCUT2D eigenvalue weighted by Gasteiger charge is 2.36. The van der Waals surface area contributed by atoms with Crippen LogP contribution in [-0.2, 0) is 11.3 Å². The van der Waals surface area contributed by atoms with Crippen LogP contribution in [0.25, 0.3) is 11.4 Å². The van der Waals surface area contributed by atoms with Crippen LogP contribution in [0.5, 0.6) is 0 Å². The fourth-order valence-electron chi connectivity index (χ4n) is 3.40. The number of carbonyl (C=O) groups is 3. The van der Waals surface area contributed by atoms with E-state index < -0.39 is 11.8 Å². The van der Waals surface area contributed by atoms with E-state index in [4.69, 9.17) is 0 Å². The predicted octanol–water partition coefficient (Wildman–Crippen LogP) is 2.35. The molecule has 0 bridgehead atoms. The quantitative estimate of drug-likeness (QED) is 0.497. The number of hydrogen-bond acceptors (Lipinski definition) is 4. The monoisotopic (exact) mass is 388 g/mol. The lowest BCUT2D eigenvalue weighted by Gasteiger charge is -2.14. The first-order valence-corrected chi connectivity index (χ1v) is 9.43. The minimum absolute atomic E-state index is 0.271. The number of benzene rings is 2. The van der Waals surface area contributed by atoms with Crippen LogP contribution in [0.2, 0.25) is 0 Å². The molecule has 2 heterocycles. The average Bonchev–Trinajstić information content (AvgIpc) is 3.31. The average molecular weight is 388 g/mol. The van der Waals surface area contributed by atoms with Gasteiger partial charge in [0.25, 0.3) is 11.8 Å². The summed E-state index contributed by atoms with van der Waals surface area (Å²) < 4.78 is 2.03. The summed E-state index contributed by atoms with van der Waals surface area (Å²) in [4.78, 5) is 42.2. The Balaban J connectivity index is 1.27. The number of nitrogens with zero attached hydrogens (tertiary/aromatic N) is 3.